The number of benzene rings is 3. The minimum Gasteiger partial charge on any atom is -0.453 e. The van der Waals surface area contributed by atoms with E-state index in [2.05, 4.69) is 30.8 Å². The van der Waals surface area contributed by atoms with Gasteiger partial charge in [-0.1, -0.05) is 68.4 Å². The third-order valence-electron chi connectivity index (χ3n) is 11.1. The van der Waals surface area contributed by atoms with E-state index in [0.717, 1.165) is 57.6 Å². The molecule has 0 radical (unpaired) electrons. The van der Waals surface area contributed by atoms with Gasteiger partial charge >= 0.3 is 12.2 Å². The largest absolute Gasteiger partial charge is 0.453 e. The van der Waals surface area contributed by atoms with Gasteiger partial charge in [0, 0.05) is 24.1 Å². The van der Waals surface area contributed by atoms with Crippen LogP contribution in [-0.4, -0.2) is 81.9 Å². The van der Waals surface area contributed by atoms with Crippen LogP contribution in [0.1, 0.15) is 67.9 Å². The number of hydrogen-bond donors (Lipinski definition) is 3. The lowest BCUT2D eigenvalue weighted by Gasteiger charge is -2.30. The third-order valence-corrected chi connectivity index (χ3v) is 11.1. The molecule has 0 bridgehead atoms. The van der Waals surface area contributed by atoms with Gasteiger partial charge in [-0.2, -0.15) is 0 Å². The molecule has 0 saturated carbocycles. The highest BCUT2D eigenvalue weighted by molar-refractivity contribution is 6.02. The second kappa shape index (κ2) is 15.6. The van der Waals surface area contributed by atoms with Crippen molar-refractivity contribution < 1.29 is 33.1 Å². The summed E-state index contributed by atoms with van der Waals surface area (Å²) in [7, 11) is 2.56. The monoisotopic (exact) mass is 772 g/mol. The van der Waals surface area contributed by atoms with Crippen molar-refractivity contribution in [2.24, 2.45) is 5.92 Å². The maximum Gasteiger partial charge on any atom is 0.407 e. The van der Waals surface area contributed by atoms with Gasteiger partial charge in [-0.25, -0.2) is 14.6 Å². The number of aromatic amines is 1. The number of methoxy groups -OCH3 is 2. The lowest BCUT2D eigenvalue weighted by molar-refractivity contribution is -0.135. The van der Waals surface area contributed by atoms with Crippen molar-refractivity contribution in [3.05, 3.63) is 95.6 Å². The van der Waals surface area contributed by atoms with Gasteiger partial charge in [-0.3, -0.25) is 14.5 Å². The zero-order valence-corrected chi connectivity index (χ0v) is 32.2. The van der Waals surface area contributed by atoms with Crippen LogP contribution in [0, 0.1) is 5.92 Å². The molecule has 3 aliphatic rings. The van der Waals surface area contributed by atoms with E-state index in [4.69, 9.17) is 13.9 Å². The predicted octanol–water partition coefficient (Wildman–Crippen LogP) is 6.14. The molecule has 0 unspecified atom stereocenters. The SMILES string of the molecule is COC(=O)N[C@H]1CCc2cccc3c2N(C1=O)[C@H](c1nnc(-c2ccc(-c4ccc(-c5ncc([C@@H]6CCCN6C(=O)[C@@H](NC(=O)OC)C(C)C)[nH]5)cc4)cc2)o1)C3. The summed E-state index contributed by atoms with van der Waals surface area (Å²) < 4.78 is 15.8. The summed E-state index contributed by atoms with van der Waals surface area (Å²) in [6.45, 7) is 4.39. The number of H-pyrrole nitrogens is 1. The Bertz CT molecular complexity index is 2300. The second-order valence-electron chi connectivity index (χ2n) is 14.9. The Balaban J connectivity index is 0.951. The summed E-state index contributed by atoms with van der Waals surface area (Å²) in [5, 5.41) is 14.1. The number of amides is 4. The van der Waals surface area contributed by atoms with Crippen LogP contribution < -0.4 is 15.5 Å². The molecule has 3 aliphatic heterocycles. The number of likely N-dealkylation sites (tertiary alicyclic amines) is 1. The molecule has 1 saturated heterocycles. The Labute approximate surface area is 329 Å². The van der Waals surface area contributed by atoms with Crippen molar-refractivity contribution in [3.63, 3.8) is 0 Å². The molecule has 3 N–H and O–H groups in total. The standard InChI is InChI=1S/C42H44N8O7/c1-23(2)34(46-42(54)56-4)40(52)49-20-6-9-32(49)31-22-43-36(44-31)27-14-10-24(11-15-27)25-12-16-28(17-13-25)37-47-48-38(57-37)33-21-29-8-5-7-26-18-19-30(45-41(53)55-3)39(51)50(33)35(26)29/h5,7-8,10-17,22-23,30,32-34H,6,9,18-21H2,1-4H3,(H,43,44)(H,45,53)(H,46,54)/t30-,32-,33-,34-/m0/s1. The Morgan fingerprint density at radius 3 is 2.25 bits per heavy atom. The number of imidazole rings is 1. The number of anilines is 1. The molecular weight excluding hydrogens is 729 g/mol. The number of carbonyl (C=O) groups is 4. The van der Waals surface area contributed by atoms with E-state index in [9.17, 15) is 19.2 Å². The number of aryl methyl sites for hydroxylation is 1. The van der Waals surface area contributed by atoms with Crippen LogP contribution in [0.15, 0.2) is 77.3 Å². The van der Waals surface area contributed by atoms with Crippen LogP contribution >= 0.6 is 0 Å². The average molecular weight is 773 g/mol. The van der Waals surface area contributed by atoms with Crippen LogP contribution in [0.25, 0.3) is 34.0 Å². The molecule has 8 rings (SSSR count). The fourth-order valence-corrected chi connectivity index (χ4v) is 8.16. The summed E-state index contributed by atoms with van der Waals surface area (Å²) in [6, 6.07) is 19.8. The first-order chi connectivity index (χ1) is 27.6. The van der Waals surface area contributed by atoms with Crippen LogP contribution in [-0.2, 0) is 31.9 Å². The van der Waals surface area contributed by atoms with Gasteiger partial charge in [0.25, 0.3) is 0 Å². The predicted molar refractivity (Wildman–Crippen MR) is 209 cm³/mol. The summed E-state index contributed by atoms with van der Waals surface area (Å²) in [6.07, 6.45) is 3.73. The van der Waals surface area contributed by atoms with Gasteiger partial charge in [0.1, 0.15) is 23.9 Å². The molecule has 2 aromatic heterocycles. The first-order valence-electron chi connectivity index (χ1n) is 19.2. The van der Waals surface area contributed by atoms with E-state index in [1.54, 1.807) is 11.1 Å². The first kappa shape index (κ1) is 37.4. The zero-order valence-electron chi connectivity index (χ0n) is 32.2. The topological polar surface area (TPSA) is 185 Å². The van der Waals surface area contributed by atoms with E-state index in [0.29, 0.717) is 43.4 Å². The van der Waals surface area contributed by atoms with Crippen molar-refractivity contribution in [2.75, 3.05) is 25.7 Å². The van der Waals surface area contributed by atoms with Crippen LogP contribution in [0.5, 0.6) is 0 Å². The lowest BCUT2D eigenvalue weighted by Crippen LogP contribution is -2.51. The van der Waals surface area contributed by atoms with Gasteiger partial charge in [0.05, 0.1) is 37.8 Å². The van der Waals surface area contributed by atoms with Gasteiger partial charge in [0.2, 0.25) is 23.6 Å². The molecule has 5 heterocycles. The number of hydrogen-bond acceptors (Lipinski definition) is 10. The van der Waals surface area contributed by atoms with Crippen LogP contribution in [0.2, 0.25) is 0 Å². The Kier molecular flexibility index (Phi) is 10.2. The molecular formula is C42H44N8O7. The Morgan fingerprint density at radius 1 is 0.860 bits per heavy atom. The summed E-state index contributed by atoms with van der Waals surface area (Å²) in [4.78, 5) is 63.0. The van der Waals surface area contributed by atoms with Gasteiger partial charge in [-0.05, 0) is 66.0 Å². The third kappa shape index (κ3) is 7.20. The van der Waals surface area contributed by atoms with Gasteiger partial charge in [-0.15, -0.1) is 10.2 Å². The fourth-order valence-electron chi connectivity index (χ4n) is 8.16. The van der Waals surface area contributed by atoms with E-state index in [-0.39, 0.29) is 23.8 Å². The number of aromatic nitrogens is 4. The number of rotatable bonds is 9. The normalized spacial score (nSPS) is 19.2. The highest BCUT2D eigenvalue weighted by Gasteiger charge is 2.44. The molecule has 15 heteroatoms. The molecule has 57 heavy (non-hydrogen) atoms. The quantitative estimate of drug-likeness (QED) is 0.157. The molecule has 0 spiro atoms. The molecule has 0 aliphatic carbocycles. The molecule has 4 atom stereocenters. The molecule has 15 nitrogen and oxygen atoms in total. The average Bonchev–Trinajstić information content (AvgIpc) is 4.06. The highest BCUT2D eigenvalue weighted by atomic mass is 16.5. The maximum absolute atomic E-state index is 13.9. The smallest absolute Gasteiger partial charge is 0.407 e. The van der Waals surface area contributed by atoms with Gasteiger partial charge < -0.3 is 34.4 Å². The van der Waals surface area contributed by atoms with E-state index < -0.39 is 30.3 Å². The number of nitrogens with one attached hydrogen (secondary N) is 3. The molecule has 4 amide bonds. The highest BCUT2D eigenvalue weighted by Crippen LogP contribution is 2.45. The van der Waals surface area contributed by atoms with E-state index >= 15 is 0 Å². The number of ether oxygens (including phenoxy) is 2. The number of carbonyl (C=O) groups excluding carboxylic acids is 4. The van der Waals surface area contributed by atoms with Crippen molar-refractivity contribution in [1.82, 2.24) is 35.7 Å². The van der Waals surface area contributed by atoms with Gasteiger partial charge in [0.15, 0.2) is 0 Å². The number of alkyl carbamates (subject to hydrolysis) is 2. The van der Waals surface area contributed by atoms with Crippen molar-refractivity contribution in [2.45, 2.75) is 70.1 Å². The lowest BCUT2D eigenvalue weighted by atomic mass is 10.0. The number of nitrogens with zero attached hydrogens (tertiary/aromatic N) is 5. The fraction of sp³-hybridized carbons (Fsp3) is 0.357. The van der Waals surface area contributed by atoms with E-state index in [1.165, 1.54) is 14.2 Å². The minimum atomic E-state index is -0.749. The summed E-state index contributed by atoms with van der Waals surface area (Å²) >= 11 is 0. The Hall–Kier alpha value is -6.51. The summed E-state index contributed by atoms with van der Waals surface area (Å²) in [5.41, 5.74) is 7.38. The summed E-state index contributed by atoms with van der Waals surface area (Å²) in [5.74, 6) is 0.872. The van der Waals surface area contributed by atoms with E-state index in [1.807, 2.05) is 85.5 Å². The molecule has 1 fully saturated rings. The van der Waals surface area contributed by atoms with Crippen molar-refractivity contribution >= 4 is 29.7 Å². The Morgan fingerprint density at radius 2 is 1.54 bits per heavy atom. The zero-order chi connectivity index (χ0) is 39.8. The molecule has 3 aromatic carbocycles. The van der Waals surface area contributed by atoms with Crippen molar-refractivity contribution in [1.29, 1.82) is 0 Å². The second-order valence-corrected chi connectivity index (χ2v) is 14.9. The molecule has 294 valence electrons. The van der Waals surface area contributed by atoms with Crippen molar-refractivity contribution in [3.8, 4) is 34.0 Å². The van der Waals surface area contributed by atoms with Crippen LogP contribution in [0.3, 0.4) is 0 Å². The van der Waals surface area contributed by atoms with Crippen LogP contribution in [0.4, 0.5) is 15.3 Å². The minimum absolute atomic E-state index is 0.109. The first-order valence-corrected chi connectivity index (χ1v) is 19.2. The maximum atomic E-state index is 13.9. The molecule has 5 aromatic rings. The number of para-hydroxylation sites is 1.